The van der Waals surface area contributed by atoms with Gasteiger partial charge in [-0.05, 0) is 56.2 Å². The minimum atomic E-state index is 0.357. The lowest BCUT2D eigenvalue weighted by molar-refractivity contribution is 0.259. The zero-order valence-electron chi connectivity index (χ0n) is 12.0. The molecule has 1 unspecified atom stereocenters. The fourth-order valence-corrected chi connectivity index (χ4v) is 3.02. The summed E-state index contributed by atoms with van der Waals surface area (Å²) >= 11 is 0. The Bertz CT molecular complexity index is 412. The Hall–Kier alpha value is -1.02. The zero-order chi connectivity index (χ0) is 13.2. The third kappa shape index (κ3) is 2.86. The Balaban J connectivity index is 2.22. The maximum atomic E-state index is 5.50. The van der Waals surface area contributed by atoms with E-state index >= 15 is 0 Å². The molecule has 0 amide bonds. The van der Waals surface area contributed by atoms with Gasteiger partial charge in [-0.2, -0.15) is 0 Å². The summed E-state index contributed by atoms with van der Waals surface area (Å²) in [5.41, 5.74) is 3.02. The van der Waals surface area contributed by atoms with E-state index in [1.807, 2.05) is 7.05 Å². The molecule has 0 aliphatic heterocycles. The highest BCUT2D eigenvalue weighted by molar-refractivity contribution is 5.37. The van der Waals surface area contributed by atoms with Gasteiger partial charge in [0.2, 0.25) is 0 Å². The van der Waals surface area contributed by atoms with Gasteiger partial charge in [0.1, 0.15) is 5.75 Å². The molecule has 1 atom stereocenters. The van der Waals surface area contributed by atoms with Gasteiger partial charge in [0, 0.05) is 6.54 Å². The van der Waals surface area contributed by atoms with Crippen molar-refractivity contribution >= 4 is 0 Å². The highest BCUT2D eigenvalue weighted by Gasteiger charge is 2.41. The summed E-state index contributed by atoms with van der Waals surface area (Å²) in [6.45, 7) is 5.63. The second-order valence-electron chi connectivity index (χ2n) is 5.95. The van der Waals surface area contributed by atoms with Crippen LogP contribution in [0.5, 0.6) is 5.75 Å². The second kappa shape index (κ2) is 5.31. The number of nitrogens with one attached hydrogen (secondary N) is 1. The number of benzene rings is 1. The minimum Gasteiger partial charge on any atom is -0.496 e. The van der Waals surface area contributed by atoms with Crippen LogP contribution in [0.25, 0.3) is 0 Å². The first-order valence-electron chi connectivity index (χ1n) is 6.87. The number of methoxy groups -OCH3 is 1. The van der Waals surface area contributed by atoms with Crippen LogP contribution < -0.4 is 10.1 Å². The van der Waals surface area contributed by atoms with Gasteiger partial charge in [0.25, 0.3) is 0 Å². The number of hydrogen-bond donors (Lipinski definition) is 1. The van der Waals surface area contributed by atoms with E-state index in [-0.39, 0.29) is 0 Å². The molecule has 0 spiro atoms. The Kier molecular flexibility index (Phi) is 3.96. The van der Waals surface area contributed by atoms with Crippen LogP contribution in [-0.2, 0) is 6.42 Å². The van der Waals surface area contributed by atoms with Gasteiger partial charge < -0.3 is 10.1 Å². The molecule has 0 heterocycles. The molecule has 1 aliphatic rings. The molecule has 1 fully saturated rings. The first-order valence-corrected chi connectivity index (χ1v) is 6.87. The molecule has 0 bridgehead atoms. The summed E-state index contributed by atoms with van der Waals surface area (Å²) in [7, 11) is 3.81. The van der Waals surface area contributed by atoms with Crippen LogP contribution in [0.3, 0.4) is 0 Å². The lowest BCUT2D eigenvalue weighted by Crippen LogP contribution is -2.34. The van der Waals surface area contributed by atoms with Crippen LogP contribution in [0.15, 0.2) is 18.2 Å². The summed E-state index contributed by atoms with van der Waals surface area (Å²) in [5, 5.41) is 3.36. The average Bonchev–Trinajstić information content (AvgIpc) is 3.13. The zero-order valence-corrected chi connectivity index (χ0v) is 12.0. The normalized spacial score (nSPS) is 18.4. The van der Waals surface area contributed by atoms with Crippen LogP contribution in [0.4, 0.5) is 0 Å². The Morgan fingerprint density at radius 2 is 2.11 bits per heavy atom. The Morgan fingerprint density at radius 3 is 2.67 bits per heavy atom. The van der Waals surface area contributed by atoms with Crippen LogP contribution in [0, 0.1) is 18.3 Å². The highest BCUT2D eigenvalue weighted by Crippen LogP contribution is 2.47. The predicted molar refractivity (Wildman–Crippen MR) is 76.2 cm³/mol. The largest absolute Gasteiger partial charge is 0.496 e. The van der Waals surface area contributed by atoms with Crippen molar-refractivity contribution in [3.63, 3.8) is 0 Å². The monoisotopic (exact) mass is 247 g/mol. The van der Waals surface area contributed by atoms with Gasteiger partial charge in [-0.3, -0.25) is 0 Å². The molecule has 1 saturated carbocycles. The van der Waals surface area contributed by atoms with Crippen molar-refractivity contribution in [2.45, 2.75) is 33.1 Å². The SMILES string of the molecule is CNCC(C)(Cc1cc(C)ccc1OC)C1CC1. The molecular weight excluding hydrogens is 222 g/mol. The molecular formula is C16H25NO. The molecule has 2 nitrogen and oxygen atoms in total. The van der Waals surface area contributed by atoms with Gasteiger partial charge in [0.15, 0.2) is 0 Å². The van der Waals surface area contributed by atoms with E-state index in [0.29, 0.717) is 5.41 Å². The summed E-state index contributed by atoms with van der Waals surface area (Å²) < 4.78 is 5.50. The molecule has 18 heavy (non-hydrogen) atoms. The molecule has 1 aromatic rings. The lowest BCUT2D eigenvalue weighted by atomic mass is 9.78. The second-order valence-corrected chi connectivity index (χ2v) is 5.95. The standard InChI is InChI=1S/C16H25NO/c1-12-5-8-15(18-4)13(9-12)10-16(2,11-17-3)14-6-7-14/h5,8-9,14,17H,6-7,10-11H2,1-4H3. The Morgan fingerprint density at radius 1 is 1.39 bits per heavy atom. The first-order chi connectivity index (χ1) is 8.59. The summed E-state index contributed by atoms with van der Waals surface area (Å²) in [5.74, 6) is 1.90. The van der Waals surface area contributed by atoms with E-state index in [4.69, 9.17) is 4.74 Å². The van der Waals surface area contributed by atoms with Gasteiger partial charge in [-0.1, -0.05) is 24.6 Å². The lowest BCUT2D eigenvalue weighted by Gasteiger charge is -2.30. The van der Waals surface area contributed by atoms with Crippen molar-refractivity contribution in [2.24, 2.45) is 11.3 Å². The summed E-state index contributed by atoms with van der Waals surface area (Å²) in [6.07, 6.45) is 3.86. The number of rotatable bonds is 6. The number of aryl methyl sites for hydroxylation is 1. The van der Waals surface area contributed by atoms with Crippen LogP contribution in [0.2, 0.25) is 0 Å². The fourth-order valence-electron chi connectivity index (χ4n) is 3.02. The van der Waals surface area contributed by atoms with Gasteiger partial charge >= 0.3 is 0 Å². The molecule has 0 radical (unpaired) electrons. The van der Waals surface area contributed by atoms with Crippen molar-refractivity contribution in [3.8, 4) is 5.75 Å². The summed E-state index contributed by atoms with van der Waals surface area (Å²) in [4.78, 5) is 0. The van der Waals surface area contributed by atoms with Crippen LogP contribution >= 0.6 is 0 Å². The number of hydrogen-bond acceptors (Lipinski definition) is 2. The molecule has 2 rings (SSSR count). The molecule has 100 valence electrons. The van der Waals surface area contributed by atoms with E-state index in [9.17, 15) is 0 Å². The van der Waals surface area contributed by atoms with E-state index in [2.05, 4.69) is 37.4 Å². The van der Waals surface area contributed by atoms with E-state index in [1.165, 1.54) is 24.0 Å². The van der Waals surface area contributed by atoms with Gasteiger partial charge in [-0.25, -0.2) is 0 Å². The maximum absolute atomic E-state index is 5.50. The maximum Gasteiger partial charge on any atom is 0.122 e. The van der Waals surface area contributed by atoms with Crippen molar-refractivity contribution < 1.29 is 4.74 Å². The first kappa shape index (κ1) is 13.4. The van der Waals surface area contributed by atoms with Crippen LogP contribution in [-0.4, -0.2) is 20.7 Å². The quantitative estimate of drug-likeness (QED) is 0.833. The van der Waals surface area contributed by atoms with Crippen molar-refractivity contribution in [2.75, 3.05) is 20.7 Å². The summed E-state index contributed by atoms with van der Waals surface area (Å²) in [6, 6.07) is 6.49. The molecule has 0 aromatic heterocycles. The third-order valence-corrected chi connectivity index (χ3v) is 4.17. The van der Waals surface area contributed by atoms with E-state index < -0.39 is 0 Å². The molecule has 1 aliphatic carbocycles. The van der Waals surface area contributed by atoms with Crippen LogP contribution in [0.1, 0.15) is 30.9 Å². The smallest absolute Gasteiger partial charge is 0.122 e. The van der Waals surface area contributed by atoms with E-state index in [1.54, 1.807) is 7.11 Å². The molecule has 1 aromatic carbocycles. The number of ether oxygens (including phenoxy) is 1. The Labute approximate surface area is 111 Å². The van der Waals surface area contributed by atoms with Crippen molar-refractivity contribution in [1.82, 2.24) is 5.32 Å². The minimum absolute atomic E-state index is 0.357. The predicted octanol–water partition coefficient (Wildman–Crippen LogP) is 3.18. The third-order valence-electron chi connectivity index (χ3n) is 4.17. The molecule has 1 N–H and O–H groups in total. The topological polar surface area (TPSA) is 21.3 Å². The molecule has 0 saturated heterocycles. The van der Waals surface area contributed by atoms with Gasteiger partial charge in [-0.15, -0.1) is 0 Å². The van der Waals surface area contributed by atoms with Crippen molar-refractivity contribution in [3.05, 3.63) is 29.3 Å². The molecule has 2 heteroatoms. The highest BCUT2D eigenvalue weighted by atomic mass is 16.5. The average molecular weight is 247 g/mol. The fraction of sp³-hybridized carbons (Fsp3) is 0.625. The van der Waals surface area contributed by atoms with E-state index in [0.717, 1.165) is 24.6 Å². The van der Waals surface area contributed by atoms with Gasteiger partial charge in [0.05, 0.1) is 7.11 Å². The van der Waals surface area contributed by atoms with Crippen molar-refractivity contribution in [1.29, 1.82) is 0 Å².